The number of carboxylic acid groups (broad SMARTS) is 1. The number of alkyl halides is 3. The zero-order valence-electron chi connectivity index (χ0n) is 9.14. The van der Waals surface area contributed by atoms with Crippen molar-refractivity contribution in [2.24, 2.45) is 0 Å². The van der Waals surface area contributed by atoms with Crippen LogP contribution in [0.1, 0.15) is 13.3 Å². The summed E-state index contributed by atoms with van der Waals surface area (Å²) in [6.45, 7) is 1.27. The monoisotopic (exact) mass is 289 g/mol. The molecular weight excluding hydrogens is 279 g/mol. The van der Waals surface area contributed by atoms with Gasteiger partial charge >= 0.3 is 21.7 Å². The largest absolute Gasteiger partial charge is 0.534 e. The van der Waals surface area contributed by atoms with Gasteiger partial charge in [0.25, 0.3) is 0 Å². The Hall–Kier alpha value is -1.45. The molecule has 1 heterocycles. The number of amides is 1. The van der Waals surface area contributed by atoms with Crippen LogP contribution in [0.4, 0.5) is 18.0 Å². The molecule has 0 aromatic heterocycles. The number of hydrogen-bond donors (Lipinski definition) is 1. The highest BCUT2D eigenvalue weighted by Crippen LogP contribution is 2.29. The minimum absolute atomic E-state index is 0.129. The molecule has 0 aromatic carbocycles. The zero-order valence-corrected chi connectivity index (χ0v) is 9.95. The van der Waals surface area contributed by atoms with E-state index in [0.29, 0.717) is 0 Å². The number of nitrogens with zero attached hydrogens (tertiary/aromatic N) is 1. The Balaban J connectivity index is 2.84. The van der Waals surface area contributed by atoms with Crippen molar-refractivity contribution in [3.8, 4) is 0 Å². The molecule has 0 bridgehead atoms. The first-order chi connectivity index (χ1) is 8.04. The van der Waals surface area contributed by atoms with Gasteiger partial charge in [0.05, 0.1) is 6.04 Å². The fraction of sp³-hybridized carbons (Fsp3) is 0.625. The average molecular weight is 289 g/mol. The molecule has 6 nitrogen and oxygen atoms in total. The molecule has 0 spiro atoms. The van der Waals surface area contributed by atoms with E-state index in [4.69, 9.17) is 5.11 Å². The first-order valence-electron chi connectivity index (χ1n) is 4.75. The van der Waals surface area contributed by atoms with Crippen LogP contribution in [-0.4, -0.2) is 42.6 Å². The molecule has 1 amide bonds. The molecular formula is C8H10F3NO5S. The topological polar surface area (TPSA) is 83.9 Å². The molecule has 1 aliphatic rings. The fourth-order valence-electron chi connectivity index (χ4n) is 1.40. The minimum Gasteiger partial charge on any atom is -0.465 e. The van der Waals surface area contributed by atoms with Crippen molar-refractivity contribution in [1.82, 2.24) is 4.90 Å². The van der Waals surface area contributed by atoms with Crippen molar-refractivity contribution in [2.75, 3.05) is 6.54 Å². The minimum atomic E-state index is -5.69. The van der Waals surface area contributed by atoms with Crippen LogP contribution < -0.4 is 0 Å². The summed E-state index contributed by atoms with van der Waals surface area (Å²) in [5.74, 6) is -0.405. The van der Waals surface area contributed by atoms with Crippen molar-refractivity contribution in [3.63, 3.8) is 0 Å². The van der Waals surface area contributed by atoms with Crippen LogP contribution in [0.5, 0.6) is 0 Å². The van der Waals surface area contributed by atoms with Crippen molar-refractivity contribution in [2.45, 2.75) is 24.9 Å². The van der Waals surface area contributed by atoms with Gasteiger partial charge in [-0.15, -0.1) is 0 Å². The van der Waals surface area contributed by atoms with Crippen molar-refractivity contribution < 1.29 is 35.7 Å². The highest BCUT2D eigenvalue weighted by atomic mass is 32.2. The van der Waals surface area contributed by atoms with Gasteiger partial charge in [-0.2, -0.15) is 21.6 Å². The lowest BCUT2D eigenvalue weighted by atomic mass is 10.1. The van der Waals surface area contributed by atoms with E-state index in [9.17, 15) is 26.4 Å². The summed E-state index contributed by atoms with van der Waals surface area (Å²) in [7, 11) is -5.69. The molecule has 0 saturated carbocycles. The van der Waals surface area contributed by atoms with E-state index in [-0.39, 0.29) is 13.0 Å². The molecule has 10 heteroatoms. The standard InChI is InChI=1S/C8H10F3NO5S/c1-5-4-6(2-3-12(5)7(13)14)17-18(15,16)8(9,10)11/h4-5H,2-3H2,1H3,(H,13,14). The number of halogens is 3. The molecule has 104 valence electrons. The van der Waals surface area contributed by atoms with E-state index in [2.05, 4.69) is 4.18 Å². The first-order valence-corrected chi connectivity index (χ1v) is 6.16. The van der Waals surface area contributed by atoms with Gasteiger partial charge in [-0.3, -0.25) is 0 Å². The lowest BCUT2D eigenvalue weighted by Crippen LogP contribution is -2.40. The molecule has 0 fully saturated rings. The quantitative estimate of drug-likeness (QED) is 0.615. The molecule has 0 aromatic rings. The van der Waals surface area contributed by atoms with E-state index in [1.165, 1.54) is 6.92 Å². The van der Waals surface area contributed by atoms with Crippen LogP contribution in [0.2, 0.25) is 0 Å². The van der Waals surface area contributed by atoms with Gasteiger partial charge in [0.15, 0.2) is 0 Å². The predicted octanol–water partition coefficient (Wildman–Crippen LogP) is 1.51. The molecule has 1 aliphatic heterocycles. The van der Waals surface area contributed by atoms with Crippen LogP contribution in [0.25, 0.3) is 0 Å². The van der Waals surface area contributed by atoms with Crippen LogP contribution in [0, 0.1) is 0 Å². The zero-order chi connectivity index (χ0) is 14.1. The third-order valence-corrected chi connectivity index (χ3v) is 3.26. The van der Waals surface area contributed by atoms with E-state index in [1.807, 2.05) is 0 Å². The average Bonchev–Trinajstić information content (AvgIpc) is 2.14. The fourth-order valence-corrected chi connectivity index (χ4v) is 1.92. The summed E-state index contributed by atoms with van der Waals surface area (Å²) in [4.78, 5) is 11.6. The van der Waals surface area contributed by atoms with Crippen molar-refractivity contribution >= 4 is 16.2 Å². The predicted molar refractivity (Wildman–Crippen MR) is 53.0 cm³/mol. The molecule has 0 saturated heterocycles. The number of carbonyl (C=O) groups is 1. The highest BCUT2D eigenvalue weighted by Gasteiger charge is 2.49. The Morgan fingerprint density at radius 3 is 2.50 bits per heavy atom. The summed E-state index contributed by atoms with van der Waals surface area (Å²) < 4.78 is 61.5. The SMILES string of the molecule is CC1C=C(OS(=O)(=O)C(F)(F)F)CCN1C(=O)O. The molecule has 1 rings (SSSR count). The van der Waals surface area contributed by atoms with E-state index in [1.54, 1.807) is 0 Å². The second kappa shape index (κ2) is 4.67. The Kier molecular flexibility index (Phi) is 3.79. The second-order valence-corrected chi connectivity index (χ2v) is 5.12. The highest BCUT2D eigenvalue weighted by molar-refractivity contribution is 7.87. The number of rotatable bonds is 2. The van der Waals surface area contributed by atoms with Gasteiger partial charge in [-0.1, -0.05) is 0 Å². The summed E-state index contributed by atoms with van der Waals surface area (Å²) in [5.41, 5.74) is -5.50. The Labute approximate surface area is 101 Å². The van der Waals surface area contributed by atoms with E-state index < -0.39 is 33.5 Å². The summed E-state index contributed by atoms with van der Waals surface area (Å²) in [5, 5.41) is 8.71. The second-order valence-electron chi connectivity index (χ2n) is 3.58. The molecule has 0 radical (unpaired) electrons. The normalized spacial score (nSPS) is 21.4. The molecule has 1 unspecified atom stereocenters. The van der Waals surface area contributed by atoms with Crippen LogP contribution in [0.3, 0.4) is 0 Å². The van der Waals surface area contributed by atoms with Crippen LogP contribution >= 0.6 is 0 Å². The third kappa shape index (κ3) is 3.06. The van der Waals surface area contributed by atoms with Gasteiger partial charge in [-0.05, 0) is 13.0 Å². The van der Waals surface area contributed by atoms with Gasteiger partial charge in [0.2, 0.25) is 0 Å². The van der Waals surface area contributed by atoms with E-state index in [0.717, 1.165) is 11.0 Å². The van der Waals surface area contributed by atoms with Crippen molar-refractivity contribution in [1.29, 1.82) is 0 Å². The Morgan fingerprint density at radius 1 is 1.56 bits per heavy atom. The Bertz CT molecular complexity index is 470. The summed E-state index contributed by atoms with van der Waals surface area (Å²) in [6.07, 6.45) is -0.441. The van der Waals surface area contributed by atoms with Gasteiger partial charge in [-0.25, -0.2) is 4.79 Å². The van der Waals surface area contributed by atoms with Crippen LogP contribution in [0.15, 0.2) is 11.8 Å². The number of hydrogen-bond acceptors (Lipinski definition) is 4. The smallest absolute Gasteiger partial charge is 0.465 e. The molecule has 18 heavy (non-hydrogen) atoms. The summed E-state index contributed by atoms with van der Waals surface area (Å²) in [6, 6.07) is -0.755. The maximum atomic E-state index is 12.0. The first kappa shape index (κ1) is 14.6. The van der Waals surface area contributed by atoms with Gasteiger partial charge < -0.3 is 14.2 Å². The molecule has 0 aliphatic carbocycles. The summed E-state index contributed by atoms with van der Waals surface area (Å²) >= 11 is 0. The third-order valence-electron chi connectivity index (χ3n) is 2.26. The Morgan fingerprint density at radius 2 is 2.11 bits per heavy atom. The van der Waals surface area contributed by atoms with Crippen molar-refractivity contribution in [3.05, 3.63) is 11.8 Å². The molecule has 1 N–H and O–H groups in total. The maximum absolute atomic E-state index is 12.0. The van der Waals surface area contributed by atoms with Gasteiger partial charge in [0, 0.05) is 13.0 Å². The maximum Gasteiger partial charge on any atom is 0.534 e. The molecule has 1 atom stereocenters. The lowest BCUT2D eigenvalue weighted by Gasteiger charge is -2.29. The van der Waals surface area contributed by atoms with Crippen LogP contribution in [-0.2, 0) is 14.3 Å². The van der Waals surface area contributed by atoms with Gasteiger partial charge in [0.1, 0.15) is 5.76 Å². The lowest BCUT2D eigenvalue weighted by molar-refractivity contribution is -0.0525. The van der Waals surface area contributed by atoms with E-state index >= 15 is 0 Å².